The Morgan fingerprint density at radius 1 is 1.26 bits per heavy atom. The van der Waals surface area contributed by atoms with Gasteiger partial charge >= 0.3 is 0 Å². The van der Waals surface area contributed by atoms with E-state index in [9.17, 15) is 0 Å². The lowest BCUT2D eigenvalue weighted by atomic mass is 10.0. The lowest BCUT2D eigenvalue weighted by molar-refractivity contribution is -0.0799. The predicted octanol–water partition coefficient (Wildman–Crippen LogP) is 1.80. The van der Waals surface area contributed by atoms with E-state index < -0.39 is 0 Å². The molecule has 1 aromatic rings. The van der Waals surface area contributed by atoms with E-state index in [-0.39, 0.29) is 18.2 Å². The van der Waals surface area contributed by atoms with E-state index in [0.29, 0.717) is 6.54 Å². The molecular formula is C15H24N2O2. The number of benzene rings is 1. The summed E-state index contributed by atoms with van der Waals surface area (Å²) in [6, 6.07) is 8.43. The van der Waals surface area contributed by atoms with E-state index in [0.717, 1.165) is 18.8 Å². The van der Waals surface area contributed by atoms with E-state index >= 15 is 0 Å². The Labute approximate surface area is 115 Å². The molecule has 0 unspecified atom stereocenters. The van der Waals surface area contributed by atoms with Gasteiger partial charge in [-0.1, -0.05) is 12.1 Å². The molecule has 0 amide bonds. The third kappa shape index (κ3) is 3.47. The maximum absolute atomic E-state index is 5.98. The van der Waals surface area contributed by atoms with Gasteiger partial charge in [0.1, 0.15) is 5.75 Å². The summed E-state index contributed by atoms with van der Waals surface area (Å²) >= 11 is 0. The second-order valence-electron chi connectivity index (χ2n) is 5.24. The molecule has 106 valence electrons. The minimum Gasteiger partial charge on any atom is -0.497 e. The van der Waals surface area contributed by atoms with Crippen LogP contribution < -0.4 is 10.5 Å². The molecule has 1 heterocycles. The monoisotopic (exact) mass is 264 g/mol. The summed E-state index contributed by atoms with van der Waals surface area (Å²) in [4.78, 5) is 2.42. The zero-order chi connectivity index (χ0) is 13.8. The highest BCUT2D eigenvalue weighted by atomic mass is 16.5. The maximum atomic E-state index is 5.98. The summed E-state index contributed by atoms with van der Waals surface area (Å²) in [5.41, 5.74) is 7.22. The van der Waals surface area contributed by atoms with Gasteiger partial charge in [-0.2, -0.15) is 0 Å². The molecule has 0 radical (unpaired) electrons. The zero-order valence-electron chi connectivity index (χ0n) is 12.0. The lowest BCUT2D eigenvalue weighted by Gasteiger charge is -2.40. The van der Waals surface area contributed by atoms with Crippen molar-refractivity contribution in [3.8, 4) is 5.75 Å². The van der Waals surface area contributed by atoms with Gasteiger partial charge < -0.3 is 15.2 Å². The van der Waals surface area contributed by atoms with E-state index in [2.05, 4.69) is 30.9 Å². The number of methoxy groups -OCH3 is 1. The largest absolute Gasteiger partial charge is 0.497 e. The van der Waals surface area contributed by atoms with Crippen LogP contribution in [0.5, 0.6) is 5.75 Å². The smallest absolute Gasteiger partial charge is 0.118 e. The quantitative estimate of drug-likeness (QED) is 0.901. The van der Waals surface area contributed by atoms with Gasteiger partial charge in [-0.15, -0.1) is 0 Å². The van der Waals surface area contributed by atoms with Crippen LogP contribution in [0.3, 0.4) is 0 Å². The van der Waals surface area contributed by atoms with Crippen LogP contribution in [0.2, 0.25) is 0 Å². The topological polar surface area (TPSA) is 47.7 Å². The minimum absolute atomic E-state index is 0.250. The fraction of sp³-hybridized carbons (Fsp3) is 0.600. The number of nitrogens with two attached hydrogens (primary N) is 1. The van der Waals surface area contributed by atoms with Crippen molar-refractivity contribution in [3.63, 3.8) is 0 Å². The highest BCUT2D eigenvalue weighted by molar-refractivity contribution is 5.29. The summed E-state index contributed by atoms with van der Waals surface area (Å²) in [6.45, 7) is 6.71. The second-order valence-corrected chi connectivity index (χ2v) is 5.24. The molecule has 3 atom stereocenters. The second kappa shape index (κ2) is 6.37. The van der Waals surface area contributed by atoms with Crippen LogP contribution in [0, 0.1) is 0 Å². The van der Waals surface area contributed by atoms with Crippen molar-refractivity contribution in [2.75, 3.05) is 26.7 Å². The average molecular weight is 264 g/mol. The normalized spacial score (nSPS) is 26.1. The van der Waals surface area contributed by atoms with E-state index in [4.69, 9.17) is 15.2 Å². The van der Waals surface area contributed by atoms with E-state index in [1.54, 1.807) is 7.11 Å². The molecule has 2 rings (SSSR count). The zero-order valence-corrected chi connectivity index (χ0v) is 12.0. The van der Waals surface area contributed by atoms with Crippen LogP contribution in [-0.4, -0.2) is 43.9 Å². The van der Waals surface area contributed by atoms with Gasteiger partial charge in [0, 0.05) is 25.7 Å². The van der Waals surface area contributed by atoms with Crippen molar-refractivity contribution < 1.29 is 9.47 Å². The third-order valence-electron chi connectivity index (χ3n) is 3.61. The molecule has 0 saturated carbocycles. The fourth-order valence-electron chi connectivity index (χ4n) is 2.79. The number of nitrogens with zero attached hydrogens (tertiary/aromatic N) is 1. The summed E-state index contributed by atoms with van der Waals surface area (Å²) in [5.74, 6) is 0.878. The molecule has 1 aromatic carbocycles. The number of hydrogen-bond donors (Lipinski definition) is 1. The predicted molar refractivity (Wildman–Crippen MR) is 76.4 cm³/mol. The van der Waals surface area contributed by atoms with Crippen molar-refractivity contribution in [3.05, 3.63) is 29.8 Å². The van der Waals surface area contributed by atoms with Crippen molar-refractivity contribution in [2.24, 2.45) is 5.73 Å². The van der Waals surface area contributed by atoms with Crippen molar-refractivity contribution in [1.29, 1.82) is 0 Å². The summed E-state index contributed by atoms with van der Waals surface area (Å²) in [6.07, 6.45) is 0.520. The molecule has 1 fully saturated rings. The Hall–Kier alpha value is -1.10. The number of ether oxygens (including phenoxy) is 2. The van der Waals surface area contributed by atoms with Crippen LogP contribution >= 0.6 is 0 Å². The lowest BCUT2D eigenvalue weighted by Crippen LogP contribution is -2.48. The molecule has 1 aliphatic rings. The van der Waals surface area contributed by atoms with Crippen LogP contribution in [0.4, 0.5) is 0 Å². The SMILES string of the molecule is COc1ccc([C@H](CN)N2C[C@H](C)O[C@@H](C)C2)cc1. The number of rotatable bonds is 4. The first kappa shape index (κ1) is 14.3. The Morgan fingerprint density at radius 2 is 1.84 bits per heavy atom. The van der Waals surface area contributed by atoms with Crippen LogP contribution in [0.15, 0.2) is 24.3 Å². The molecule has 0 aliphatic carbocycles. The Bertz CT molecular complexity index is 384. The Kier molecular flexibility index (Phi) is 4.80. The van der Waals surface area contributed by atoms with Gasteiger partial charge in [0.15, 0.2) is 0 Å². The maximum Gasteiger partial charge on any atom is 0.118 e. The van der Waals surface area contributed by atoms with Gasteiger partial charge in [0.05, 0.1) is 19.3 Å². The molecule has 0 bridgehead atoms. The van der Waals surface area contributed by atoms with Crippen LogP contribution in [-0.2, 0) is 4.74 Å². The molecule has 1 saturated heterocycles. The van der Waals surface area contributed by atoms with E-state index in [1.807, 2.05) is 12.1 Å². The molecular weight excluding hydrogens is 240 g/mol. The first-order valence-electron chi connectivity index (χ1n) is 6.87. The fourth-order valence-corrected chi connectivity index (χ4v) is 2.79. The molecule has 19 heavy (non-hydrogen) atoms. The molecule has 4 nitrogen and oxygen atoms in total. The third-order valence-corrected chi connectivity index (χ3v) is 3.61. The number of hydrogen-bond acceptors (Lipinski definition) is 4. The van der Waals surface area contributed by atoms with E-state index in [1.165, 1.54) is 5.56 Å². The number of morpholine rings is 1. The summed E-state index contributed by atoms with van der Waals surface area (Å²) < 4.78 is 11.0. The summed E-state index contributed by atoms with van der Waals surface area (Å²) in [7, 11) is 1.68. The first-order chi connectivity index (χ1) is 9.13. The summed E-state index contributed by atoms with van der Waals surface area (Å²) in [5, 5.41) is 0. The van der Waals surface area contributed by atoms with Gasteiger partial charge in [-0.3, -0.25) is 4.90 Å². The van der Waals surface area contributed by atoms with Crippen LogP contribution in [0.25, 0.3) is 0 Å². The van der Waals surface area contributed by atoms with Crippen LogP contribution in [0.1, 0.15) is 25.5 Å². The molecule has 0 spiro atoms. The first-order valence-corrected chi connectivity index (χ1v) is 6.87. The molecule has 4 heteroatoms. The average Bonchev–Trinajstić information content (AvgIpc) is 2.39. The Morgan fingerprint density at radius 3 is 2.32 bits per heavy atom. The van der Waals surface area contributed by atoms with Crippen molar-refractivity contribution >= 4 is 0 Å². The minimum atomic E-state index is 0.250. The molecule has 1 aliphatic heterocycles. The van der Waals surface area contributed by atoms with Gasteiger partial charge in [0.25, 0.3) is 0 Å². The highest BCUT2D eigenvalue weighted by Gasteiger charge is 2.28. The van der Waals surface area contributed by atoms with Crippen molar-refractivity contribution in [2.45, 2.75) is 32.1 Å². The molecule has 0 aromatic heterocycles. The van der Waals surface area contributed by atoms with Gasteiger partial charge in [0.2, 0.25) is 0 Å². The van der Waals surface area contributed by atoms with Gasteiger partial charge in [-0.25, -0.2) is 0 Å². The van der Waals surface area contributed by atoms with Crippen molar-refractivity contribution in [1.82, 2.24) is 4.90 Å². The Balaban J connectivity index is 2.13. The molecule has 2 N–H and O–H groups in total. The van der Waals surface area contributed by atoms with Gasteiger partial charge in [-0.05, 0) is 31.5 Å². The highest BCUT2D eigenvalue weighted by Crippen LogP contribution is 2.25. The standard InChI is InChI=1S/C15H24N2O2/c1-11-9-17(10-12(2)19-11)15(8-16)13-4-6-14(18-3)7-5-13/h4-7,11-12,15H,8-10,16H2,1-3H3/t11-,12-,15-/m0/s1.